The van der Waals surface area contributed by atoms with E-state index in [1.807, 2.05) is 6.07 Å². The van der Waals surface area contributed by atoms with Gasteiger partial charge in [0.15, 0.2) is 0 Å². The second-order valence-corrected chi connectivity index (χ2v) is 3.17. The van der Waals surface area contributed by atoms with Crippen LogP contribution in [0.25, 0.3) is 6.08 Å². The largest absolute Gasteiger partial charge is 0.478 e. The maximum atomic E-state index is 10.8. The lowest BCUT2D eigenvalue weighted by molar-refractivity contribution is 0.0695. The number of aromatic carboxylic acids is 1. The van der Waals surface area contributed by atoms with Crippen molar-refractivity contribution in [3.63, 3.8) is 0 Å². The average Bonchev–Trinajstić information content (AvgIpc) is 2.05. The predicted octanol–water partition coefficient (Wildman–Crippen LogP) is 2.13. The van der Waals surface area contributed by atoms with E-state index in [0.717, 1.165) is 29.5 Å². The highest BCUT2D eigenvalue weighted by molar-refractivity contribution is 5.91. The zero-order valence-electron chi connectivity index (χ0n) is 7.21. The average molecular weight is 174 g/mol. The molecule has 0 saturated carbocycles. The van der Waals surface area contributed by atoms with Crippen LogP contribution in [0.2, 0.25) is 0 Å². The maximum absolute atomic E-state index is 10.8. The van der Waals surface area contributed by atoms with Crippen molar-refractivity contribution in [1.29, 1.82) is 0 Å². The fraction of sp³-hybridized carbons (Fsp3) is 0.182. The zero-order valence-corrected chi connectivity index (χ0v) is 7.21. The van der Waals surface area contributed by atoms with E-state index in [1.54, 1.807) is 12.1 Å². The molecule has 0 atom stereocenters. The second kappa shape index (κ2) is 2.73. The summed E-state index contributed by atoms with van der Waals surface area (Å²) in [5.74, 6) is -0.827. The molecule has 2 heteroatoms. The van der Waals surface area contributed by atoms with Gasteiger partial charge in [-0.05, 0) is 35.6 Å². The van der Waals surface area contributed by atoms with Gasteiger partial charge in [0.05, 0.1) is 5.56 Å². The molecule has 0 bridgehead atoms. The van der Waals surface area contributed by atoms with Gasteiger partial charge in [0, 0.05) is 0 Å². The van der Waals surface area contributed by atoms with Crippen LogP contribution < -0.4 is 0 Å². The molecular weight excluding hydrogens is 164 g/mol. The van der Waals surface area contributed by atoms with E-state index in [2.05, 4.69) is 6.58 Å². The fourth-order valence-corrected chi connectivity index (χ4v) is 1.76. The molecule has 2 nitrogen and oxygen atoms in total. The van der Waals surface area contributed by atoms with Crippen molar-refractivity contribution in [2.75, 3.05) is 0 Å². The van der Waals surface area contributed by atoms with E-state index in [9.17, 15) is 4.79 Å². The topological polar surface area (TPSA) is 37.3 Å². The van der Waals surface area contributed by atoms with Crippen LogP contribution in [0.3, 0.4) is 0 Å². The number of rotatable bonds is 2. The van der Waals surface area contributed by atoms with Gasteiger partial charge in [0.2, 0.25) is 0 Å². The van der Waals surface area contributed by atoms with Crippen LogP contribution in [0.5, 0.6) is 0 Å². The second-order valence-electron chi connectivity index (χ2n) is 3.17. The number of fused-ring (bicyclic) bond motifs is 1. The molecular formula is C11H10O2. The fourth-order valence-electron chi connectivity index (χ4n) is 1.76. The van der Waals surface area contributed by atoms with Crippen LogP contribution in [-0.2, 0) is 12.8 Å². The van der Waals surface area contributed by atoms with Crippen molar-refractivity contribution in [1.82, 2.24) is 0 Å². The minimum absolute atomic E-state index is 0.451. The standard InChI is InChI=1S/C11H10O2/c1-2-7-3-4-10(11(12)13)9-6-5-8(7)9/h2-4H,1,5-6H2,(H,12,13). The molecule has 0 saturated heterocycles. The Labute approximate surface area is 76.5 Å². The summed E-state index contributed by atoms with van der Waals surface area (Å²) in [6.07, 6.45) is 3.65. The minimum Gasteiger partial charge on any atom is -0.478 e. The highest BCUT2D eigenvalue weighted by Gasteiger charge is 2.22. The molecule has 0 radical (unpaired) electrons. The van der Waals surface area contributed by atoms with Crippen molar-refractivity contribution in [3.8, 4) is 0 Å². The summed E-state index contributed by atoms with van der Waals surface area (Å²) in [5, 5.41) is 8.86. The first-order chi connectivity index (χ1) is 6.24. The number of hydrogen-bond acceptors (Lipinski definition) is 1. The molecule has 1 aliphatic carbocycles. The molecule has 1 aliphatic rings. The summed E-state index contributed by atoms with van der Waals surface area (Å²) in [6, 6.07) is 3.49. The molecule has 0 aromatic heterocycles. The lowest BCUT2D eigenvalue weighted by Gasteiger charge is -2.23. The van der Waals surface area contributed by atoms with E-state index in [4.69, 9.17) is 5.11 Å². The molecule has 1 N–H and O–H groups in total. The Kier molecular flexibility index (Phi) is 1.69. The van der Waals surface area contributed by atoms with Crippen LogP contribution >= 0.6 is 0 Å². The first kappa shape index (κ1) is 8.05. The Morgan fingerprint density at radius 3 is 2.54 bits per heavy atom. The van der Waals surface area contributed by atoms with Crippen LogP contribution in [0, 0.1) is 0 Å². The van der Waals surface area contributed by atoms with E-state index in [1.165, 1.54) is 0 Å². The predicted molar refractivity (Wildman–Crippen MR) is 50.9 cm³/mol. The van der Waals surface area contributed by atoms with Gasteiger partial charge >= 0.3 is 5.97 Å². The Balaban J connectivity index is 2.60. The third kappa shape index (κ3) is 1.06. The summed E-state index contributed by atoms with van der Waals surface area (Å²) in [7, 11) is 0. The number of carboxylic acids is 1. The van der Waals surface area contributed by atoms with Crippen molar-refractivity contribution in [3.05, 3.63) is 41.0 Å². The summed E-state index contributed by atoms with van der Waals surface area (Å²) in [6.45, 7) is 3.69. The lowest BCUT2D eigenvalue weighted by atomic mass is 9.81. The summed E-state index contributed by atoms with van der Waals surface area (Å²) in [5.41, 5.74) is 3.68. The normalized spacial score (nSPS) is 12.9. The third-order valence-corrected chi connectivity index (χ3v) is 2.54. The Morgan fingerprint density at radius 1 is 1.38 bits per heavy atom. The highest BCUT2D eigenvalue weighted by atomic mass is 16.4. The van der Waals surface area contributed by atoms with Gasteiger partial charge in [0.1, 0.15) is 0 Å². The molecule has 0 spiro atoms. The molecule has 2 rings (SSSR count). The van der Waals surface area contributed by atoms with Crippen molar-refractivity contribution < 1.29 is 9.90 Å². The molecule has 0 aliphatic heterocycles. The maximum Gasteiger partial charge on any atom is 0.335 e. The quantitative estimate of drug-likeness (QED) is 0.745. The van der Waals surface area contributed by atoms with Gasteiger partial charge in [-0.3, -0.25) is 0 Å². The number of hydrogen-bond donors (Lipinski definition) is 1. The Hall–Kier alpha value is -1.57. The molecule has 0 heterocycles. The molecule has 0 unspecified atom stereocenters. The first-order valence-corrected chi connectivity index (χ1v) is 4.24. The first-order valence-electron chi connectivity index (χ1n) is 4.24. The van der Waals surface area contributed by atoms with E-state index >= 15 is 0 Å². The highest BCUT2D eigenvalue weighted by Crippen LogP contribution is 2.30. The molecule has 13 heavy (non-hydrogen) atoms. The van der Waals surface area contributed by atoms with Gasteiger partial charge in [-0.2, -0.15) is 0 Å². The lowest BCUT2D eigenvalue weighted by Crippen LogP contribution is -2.16. The van der Waals surface area contributed by atoms with Gasteiger partial charge in [0.25, 0.3) is 0 Å². The zero-order chi connectivity index (χ0) is 9.42. The number of carboxylic acid groups (broad SMARTS) is 1. The van der Waals surface area contributed by atoms with Crippen molar-refractivity contribution in [2.45, 2.75) is 12.8 Å². The number of benzene rings is 1. The van der Waals surface area contributed by atoms with E-state index in [0.29, 0.717) is 5.56 Å². The minimum atomic E-state index is -0.827. The summed E-state index contributed by atoms with van der Waals surface area (Å²) < 4.78 is 0. The van der Waals surface area contributed by atoms with Crippen LogP contribution in [0.15, 0.2) is 18.7 Å². The molecule has 0 amide bonds. The Bertz CT molecular complexity index is 391. The smallest absolute Gasteiger partial charge is 0.335 e. The van der Waals surface area contributed by atoms with E-state index < -0.39 is 5.97 Å². The van der Waals surface area contributed by atoms with Crippen LogP contribution in [-0.4, -0.2) is 11.1 Å². The summed E-state index contributed by atoms with van der Waals surface area (Å²) >= 11 is 0. The van der Waals surface area contributed by atoms with Crippen molar-refractivity contribution in [2.24, 2.45) is 0 Å². The summed E-state index contributed by atoms with van der Waals surface area (Å²) in [4.78, 5) is 10.8. The van der Waals surface area contributed by atoms with Crippen LogP contribution in [0.1, 0.15) is 27.0 Å². The van der Waals surface area contributed by atoms with Crippen molar-refractivity contribution >= 4 is 12.0 Å². The Morgan fingerprint density at radius 2 is 2.08 bits per heavy atom. The monoisotopic (exact) mass is 174 g/mol. The molecule has 1 aromatic carbocycles. The molecule has 1 aromatic rings. The van der Waals surface area contributed by atoms with Gasteiger partial charge in [-0.15, -0.1) is 0 Å². The molecule has 66 valence electrons. The van der Waals surface area contributed by atoms with Gasteiger partial charge in [-0.1, -0.05) is 18.7 Å². The SMILES string of the molecule is C=Cc1ccc(C(=O)O)c2c1CC2. The van der Waals surface area contributed by atoms with E-state index in [-0.39, 0.29) is 0 Å². The molecule has 0 fully saturated rings. The number of carbonyl (C=O) groups is 1. The van der Waals surface area contributed by atoms with Gasteiger partial charge < -0.3 is 5.11 Å². The van der Waals surface area contributed by atoms with Crippen LogP contribution in [0.4, 0.5) is 0 Å². The third-order valence-electron chi connectivity index (χ3n) is 2.54. The van der Waals surface area contributed by atoms with Gasteiger partial charge in [-0.25, -0.2) is 4.79 Å².